The zero-order chi connectivity index (χ0) is 14.1. The Morgan fingerprint density at radius 2 is 2.25 bits per heavy atom. The molecule has 1 aromatic carbocycles. The first kappa shape index (κ1) is 13.2. The number of aryl methyl sites for hydroxylation is 1. The molecule has 0 spiro atoms. The Morgan fingerprint density at radius 1 is 1.40 bits per heavy atom. The quantitative estimate of drug-likeness (QED) is 0.837. The first-order chi connectivity index (χ1) is 9.65. The van der Waals surface area contributed by atoms with Crippen molar-refractivity contribution in [1.82, 2.24) is 4.90 Å². The fourth-order valence-corrected chi connectivity index (χ4v) is 3.67. The van der Waals surface area contributed by atoms with Crippen molar-refractivity contribution in [2.75, 3.05) is 11.9 Å². The molecule has 0 aliphatic carbocycles. The molecule has 0 saturated carbocycles. The van der Waals surface area contributed by atoms with Crippen LogP contribution in [0.4, 0.5) is 10.5 Å². The number of anilines is 1. The molecule has 2 amide bonds. The van der Waals surface area contributed by atoms with Crippen molar-refractivity contribution < 1.29 is 4.79 Å². The standard InChI is InChI=1S/C16H18N2OS/c1-11-4-3-5-13(10-11)17-16(19)18-8-6-15-14(12(18)2)7-9-20-15/h3-5,7,9-10,12H,6,8H2,1-2H3,(H,17,19)/t12-/m0/s1. The molecule has 0 bridgehead atoms. The molecule has 2 heterocycles. The Morgan fingerprint density at radius 3 is 3.05 bits per heavy atom. The van der Waals surface area contributed by atoms with Crippen LogP contribution in [-0.2, 0) is 6.42 Å². The van der Waals surface area contributed by atoms with Gasteiger partial charge in [0, 0.05) is 17.1 Å². The van der Waals surface area contributed by atoms with Crippen LogP contribution in [0.15, 0.2) is 35.7 Å². The lowest BCUT2D eigenvalue weighted by Gasteiger charge is -2.33. The minimum Gasteiger partial charge on any atom is -0.317 e. The van der Waals surface area contributed by atoms with Crippen LogP contribution in [0.2, 0.25) is 0 Å². The van der Waals surface area contributed by atoms with E-state index in [2.05, 4.69) is 23.7 Å². The number of thiophene rings is 1. The molecule has 1 atom stereocenters. The lowest BCUT2D eigenvalue weighted by Crippen LogP contribution is -2.40. The van der Waals surface area contributed by atoms with Gasteiger partial charge in [-0.05, 0) is 55.0 Å². The highest BCUT2D eigenvalue weighted by Gasteiger charge is 2.28. The summed E-state index contributed by atoms with van der Waals surface area (Å²) in [6, 6.07) is 10.2. The van der Waals surface area contributed by atoms with Crippen molar-refractivity contribution in [3.05, 3.63) is 51.7 Å². The molecule has 20 heavy (non-hydrogen) atoms. The van der Waals surface area contributed by atoms with Crippen LogP contribution in [0.5, 0.6) is 0 Å². The summed E-state index contributed by atoms with van der Waals surface area (Å²) < 4.78 is 0. The highest BCUT2D eigenvalue weighted by molar-refractivity contribution is 7.10. The van der Waals surface area contributed by atoms with Gasteiger partial charge in [0.1, 0.15) is 0 Å². The van der Waals surface area contributed by atoms with Crippen LogP contribution in [0.1, 0.15) is 29.0 Å². The van der Waals surface area contributed by atoms with E-state index in [1.165, 1.54) is 10.4 Å². The third kappa shape index (κ3) is 2.43. The molecule has 1 N–H and O–H groups in total. The highest BCUT2D eigenvalue weighted by atomic mass is 32.1. The predicted molar refractivity (Wildman–Crippen MR) is 83.3 cm³/mol. The second kappa shape index (κ2) is 5.29. The van der Waals surface area contributed by atoms with Crippen molar-refractivity contribution in [2.45, 2.75) is 26.3 Å². The predicted octanol–water partition coefficient (Wildman–Crippen LogP) is 4.21. The number of carbonyl (C=O) groups excluding carboxylic acids is 1. The molecule has 3 rings (SSSR count). The molecular formula is C16H18N2OS. The number of hydrogen-bond acceptors (Lipinski definition) is 2. The van der Waals surface area contributed by atoms with Gasteiger partial charge in [-0.1, -0.05) is 12.1 Å². The van der Waals surface area contributed by atoms with Crippen LogP contribution >= 0.6 is 11.3 Å². The second-order valence-electron chi connectivity index (χ2n) is 5.22. The summed E-state index contributed by atoms with van der Waals surface area (Å²) in [7, 11) is 0. The van der Waals surface area contributed by atoms with Crippen molar-refractivity contribution in [3.8, 4) is 0 Å². The van der Waals surface area contributed by atoms with Gasteiger partial charge >= 0.3 is 6.03 Å². The molecule has 0 radical (unpaired) electrons. The maximum absolute atomic E-state index is 12.4. The van der Waals surface area contributed by atoms with E-state index in [0.29, 0.717) is 0 Å². The zero-order valence-corrected chi connectivity index (χ0v) is 12.5. The van der Waals surface area contributed by atoms with Gasteiger partial charge in [-0.3, -0.25) is 0 Å². The summed E-state index contributed by atoms with van der Waals surface area (Å²) in [5.74, 6) is 0. The van der Waals surface area contributed by atoms with E-state index < -0.39 is 0 Å². The van der Waals surface area contributed by atoms with E-state index in [4.69, 9.17) is 0 Å². The molecule has 1 aromatic heterocycles. The van der Waals surface area contributed by atoms with Gasteiger partial charge in [-0.15, -0.1) is 11.3 Å². The summed E-state index contributed by atoms with van der Waals surface area (Å²) in [4.78, 5) is 15.8. The number of carbonyl (C=O) groups is 1. The fourth-order valence-electron chi connectivity index (χ4n) is 2.71. The normalized spacial score (nSPS) is 17.7. The maximum atomic E-state index is 12.4. The number of hydrogen-bond donors (Lipinski definition) is 1. The lowest BCUT2D eigenvalue weighted by molar-refractivity contribution is 0.189. The minimum absolute atomic E-state index is 0.0139. The highest BCUT2D eigenvalue weighted by Crippen LogP contribution is 2.33. The zero-order valence-electron chi connectivity index (χ0n) is 11.7. The Kier molecular flexibility index (Phi) is 3.49. The number of fused-ring (bicyclic) bond motifs is 1. The summed E-state index contributed by atoms with van der Waals surface area (Å²) in [6.45, 7) is 4.91. The summed E-state index contributed by atoms with van der Waals surface area (Å²) in [5, 5.41) is 5.11. The monoisotopic (exact) mass is 286 g/mol. The molecule has 0 unspecified atom stereocenters. The number of rotatable bonds is 1. The minimum atomic E-state index is -0.0139. The van der Waals surface area contributed by atoms with E-state index in [-0.39, 0.29) is 12.1 Å². The van der Waals surface area contributed by atoms with Crippen LogP contribution in [0.3, 0.4) is 0 Å². The maximum Gasteiger partial charge on any atom is 0.322 e. The van der Waals surface area contributed by atoms with Crippen LogP contribution < -0.4 is 5.32 Å². The number of nitrogens with zero attached hydrogens (tertiary/aromatic N) is 1. The summed E-state index contributed by atoms with van der Waals surface area (Å²) in [6.07, 6.45) is 0.957. The van der Waals surface area contributed by atoms with E-state index in [9.17, 15) is 4.79 Å². The molecule has 3 nitrogen and oxygen atoms in total. The lowest BCUT2D eigenvalue weighted by atomic mass is 10.0. The molecule has 4 heteroatoms. The van der Waals surface area contributed by atoms with Crippen LogP contribution in [0.25, 0.3) is 0 Å². The van der Waals surface area contributed by atoms with Gasteiger partial charge in [-0.2, -0.15) is 0 Å². The summed E-state index contributed by atoms with van der Waals surface area (Å²) in [5.41, 5.74) is 3.30. The Labute approximate surface area is 123 Å². The Hall–Kier alpha value is -1.81. The van der Waals surface area contributed by atoms with Crippen molar-refractivity contribution in [3.63, 3.8) is 0 Å². The van der Waals surface area contributed by atoms with Crippen LogP contribution in [0, 0.1) is 6.92 Å². The molecule has 0 saturated heterocycles. The van der Waals surface area contributed by atoms with Gasteiger partial charge in [-0.25, -0.2) is 4.79 Å². The van der Waals surface area contributed by atoms with E-state index in [1.807, 2.05) is 36.1 Å². The smallest absolute Gasteiger partial charge is 0.317 e. The first-order valence-corrected chi connectivity index (χ1v) is 7.73. The third-order valence-electron chi connectivity index (χ3n) is 3.81. The number of amides is 2. The third-order valence-corrected chi connectivity index (χ3v) is 4.80. The SMILES string of the molecule is Cc1cccc(NC(=O)N2CCc3sccc3[C@@H]2C)c1. The molecule has 0 fully saturated rings. The number of benzene rings is 1. The molecular weight excluding hydrogens is 268 g/mol. The largest absolute Gasteiger partial charge is 0.322 e. The topological polar surface area (TPSA) is 32.3 Å². The molecule has 1 aliphatic rings. The average Bonchev–Trinajstić information content (AvgIpc) is 2.88. The number of nitrogens with one attached hydrogen (secondary N) is 1. The van der Waals surface area contributed by atoms with Gasteiger partial charge < -0.3 is 10.2 Å². The first-order valence-electron chi connectivity index (χ1n) is 6.85. The summed E-state index contributed by atoms with van der Waals surface area (Å²) >= 11 is 1.79. The van der Waals surface area contributed by atoms with Crippen molar-refractivity contribution in [1.29, 1.82) is 0 Å². The van der Waals surface area contributed by atoms with Crippen molar-refractivity contribution in [2.24, 2.45) is 0 Å². The van der Waals surface area contributed by atoms with E-state index in [1.54, 1.807) is 11.3 Å². The Bertz CT molecular complexity index is 635. The molecule has 2 aromatic rings. The van der Waals surface area contributed by atoms with Crippen molar-refractivity contribution >= 4 is 23.1 Å². The fraction of sp³-hybridized carbons (Fsp3) is 0.312. The Balaban J connectivity index is 1.75. The number of urea groups is 1. The van der Waals surface area contributed by atoms with E-state index in [0.717, 1.165) is 24.2 Å². The van der Waals surface area contributed by atoms with Crippen LogP contribution in [-0.4, -0.2) is 17.5 Å². The average molecular weight is 286 g/mol. The van der Waals surface area contributed by atoms with Gasteiger partial charge in [0.15, 0.2) is 0 Å². The molecule has 104 valence electrons. The van der Waals surface area contributed by atoms with Gasteiger partial charge in [0.05, 0.1) is 6.04 Å². The second-order valence-corrected chi connectivity index (χ2v) is 6.22. The van der Waals surface area contributed by atoms with E-state index >= 15 is 0 Å². The molecule has 1 aliphatic heterocycles. The van der Waals surface area contributed by atoms with Gasteiger partial charge in [0.25, 0.3) is 0 Å². The van der Waals surface area contributed by atoms with Gasteiger partial charge in [0.2, 0.25) is 0 Å².